The molecule has 0 spiro atoms. The minimum Gasteiger partial charge on any atom is -0.497 e. The number of likely N-dealkylation sites (N-methyl/N-ethyl adjacent to an activating group) is 1. The molecular weight excluding hydrogens is 260 g/mol. The monoisotopic (exact) mass is 280 g/mol. The fourth-order valence-corrected chi connectivity index (χ4v) is 1.53. The number of amides is 1. The Balaban J connectivity index is 2.94. The number of ether oxygens (including phenoxy) is 2. The molecule has 0 aromatic heterocycles. The molecule has 6 nitrogen and oxygen atoms in total. The van der Waals surface area contributed by atoms with Crippen molar-refractivity contribution < 1.29 is 19.5 Å². The first-order chi connectivity index (χ1) is 9.53. The maximum Gasteiger partial charge on any atom is 0.260 e. The van der Waals surface area contributed by atoms with E-state index in [4.69, 9.17) is 14.7 Å². The maximum atomic E-state index is 11.7. The van der Waals surface area contributed by atoms with Gasteiger partial charge in [0, 0.05) is 25.2 Å². The number of carbonyl (C=O) groups excluding carboxylic acids is 1. The Labute approximate surface area is 118 Å². The van der Waals surface area contributed by atoms with E-state index in [1.54, 1.807) is 44.2 Å². The standard InChI is InChI=1S/C14H20N2O4/c1-5-16(3)14(17)9-20-13-8-11(19-4)6-7-12(13)10(2)15-18/h6-8,18H,5,9H2,1-4H3/b15-10+. The highest BCUT2D eigenvalue weighted by Crippen LogP contribution is 2.25. The van der Waals surface area contributed by atoms with Crippen LogP contribution in [-0.4, -0.2) is 49.0 Å². The second kappa shape index (κ2) is 7.37. The number of carbonyl (C=O) groups is 1. The first-order valence-electron chi connectivity index (χ1n) is 6.27. The average Bonchev–Trinajstić information content (AvgIpc) is 2.50. The van der Waals surface area contributed by atoms with Crippen molar-refractivity contribution in [1.29, 1.82) is 0 Å². The number of methoxy groups -OCH3 is 1. The molecule has 0 aliphatic heterocycles. The molecule has 20 heavy (non-hydrogen) atoms. The number of benzene rings is 1. The molecule has 0 unspecified atom stereocenters. The van der Waals surface area contributed by atoms with Crippen molar-refractivity contribution >= 4 is 11.6 Å². The summed E-state index contributed by atoms with van der Waals surface area (Å²) >= 11 is 0. The second-order valence-electron chi connectivity index (χ2n) is 4.24. The van der Waals surface area contributed by atoms with Crippen LogP contribution in [0.5, 0.6) is 11.5 Å². The van der Waals surface area contributed by atoms with Gasteiger partial charge in [-0.3, -0.25) is 4.79 Å². The highest BCUT2D eigenvalue weighted by atomic mass is 16.5. The number of nitrogens with zero attached hydrogens (tertiary/aromatic N) is 2. The van der Waals surface area contributed by atoms with Crippen LogP contribution in [0.4, 0.5) is 0 Å². The van der Waals surface area contributed by atoms with Crippen molar-refractivity contribution in [3.8, 4) is 11.5 Å². The van der Waals surface area contributed by atoms with E-state index in [9.17, 15) is 4.79 Å². The van der Waals surface area contributed by atoms with E-state index in [0.717, 1.165) is 0 Å². The lowest BCUT2D eigenvalue weighted by Crippen LogP contribution is -2.31. The molecule has 0 fully saturated rings. The molecule has 0 heterocycles. The normalized spacial score (nSPS) is 11.1. The Kier molecular flexibility index (Phi) is 5.83. The van der Waals surface area contributed by atoms with Gasteiger partial charge in [-0.05, 0) is 26.0 Å². The summed E-state index contributed by atoms with van der Waals surface area (Å²) in [6.45, 7) is 4.07. The van der Waals surface area contributed by atoms with Crippen molar-refractivity contribution in [3.05, 3.63) is 23.8 Å². The predicted octanol–water partition coefficient (Wildman–Crippen LogP) is 1.75. The van der Waals surface area contributed by atoms with Crippen LogP contribution >= 0.6 is 0 Å². The predicted molar refractivity (Wildman–Crippen MR) is 75.8 cm³/mol. The summed E-state index contributed by atoms with van der Waals surface area (Å²) in [5, 5.41) is 12.0. The van der Waals surface area contributed by atoms with Crippen LogP contribution < -0.4 is 9.47 Å². The van der Waals surface area contributed by atoms with E-state index in [0.29, 0.717) is 29.3 Å². The molecule has 0 aliphatic carbocycles. The molecule has 1 aromatic rings. The molecule has 0 saturated heterocycles. The van der Waals surface area contributed by atoms with Gasteiger partial charge in [0.1, 0.15) is 11.5 Å². The van der Waals surface area contributed by atoms with E-state index < -0.39 is 0 Å². The number of hydrogen-bond acceptors (Lipinski definition) is 5. The molecule has 0 bridgehead atoms. The summed E-state index contributed by atoms with van der Waals surface area (Å²) < 4.78 is 10.6. The van der Waals surface area contributed by atoms with Crippen LogP contribution in [0, 0.1) is 0 Å². The molecular formula is C14H20N2O4. The van der Waals surface area contributed by atoms with E-state index >= 15 is 0 Å². The fourth-order valence-electron chi connectivity index (χ4n) is 1.53. The molecule has 1 N–H and O–H groups in total. The zero-order valence-corrected chi connectivity index (χ0v) is 12.2. The van der Waals surface area contributed by atoms with Crippen LogP contribution in [0.15, 0.2) is 23.4 Å². The summed E-state index contributed by atoms with van der Waals surface area (Å²) in [4.78, 5) is 13.3. The van der Waals surface area contributed by atoms with Crippen molar-refractivity contribution in [2.24, 2.45) is 5.16 Å². The van der Waals surface area contributed by atoms with E-state index in [-0.39, 0.29) is 12.5 Å². The van der Waals surface area contributed by atoms with Gasteiger partial charge in [0.15, 0.2) is 6.61 Å². The first kappa shape index (κ1) is 15.8. The number of hydrogen-bond donors (Lipinski definition) is 1. The summed E-state index contributed by atoms with van der Waals surface area (Å²) in [7, 11) is 3.25. The van der Waals surface area contributed by atoms with Crippen molar-refractivity contribution in [1.82, 2.24) is 4.90 Å². The largest absolute Gasteiger partial charge is 0.497 e. The molecule has 1 aromatic carbocycles. The Morgan fingerprint density at radius 2 is 2.15 bits per heavy atom. The van der Waals surface area contributed by atoms with Crippen LogP contribution in [0.3, 0.4) is 0 Å². The van der Waals surface area contributed by atoms with Gasteiger partial charge in [-0.25, -0.2) is 0 Å². The number of rotatable bonds is 6. The number of oxime groups is 1. The lowest BCUT2D eigenvalue weighted by Gasteiger charge is -2.16. The van der Waals surface area contributed by atoms with Crippen LogP contribution in [-0.2, 0) is 4.79 Å². The molecule has 1 rings (SSSR count). The Morgan fingerprint density at radius 1 is 1.45 bits per heavy atom. The van der Waals surface area contributed by atoms with Crippen LogP contribution in [0.25, 0.3) is 0 Å². The highest BCUT2D eigenvalue weighted by molar-refractivity contribution is 6.01. The summed E-state index contributed by atoms with van der Waals surface area (Å²) in [5.74, 6) is 0.920. The van der Waals surface area contributed by atoms with Gasteiger partial charge in [0.2, 0.25) is 0 Å². The lowest BCUT2D eigenvalue weighted by atomic mass is 10.1. The molecule has 1 amide bonds. The van der Waals surface area contributed by atoms with Crippen molar-refractivity contribution in [2.75, 3.05) is 27.3 Å². The molecule has 110 valence electrons. The Morgan fingerprint density at radius 3 is 2.70 bits per heavy atom. The second-order valence-corrected chi connectivity index (χ2v) is 4.24. The average molecular weight is 280 g/mol. The lowest BCUT2D eigenvalue weighted by molar-refractivity contribution is -0.131. The molecule has 6 heteroatoms. The van der Waals surface area contributed by atoms with Gasteiger partial charge < -0.3 is 19.6 Å². The zero-order chi connectivity index (χ0) is 15.1. The van der Waals surface area contributed by atoms with Gasteiger partial charge in [0.05, 0.1) is 12.8 Å². The van der Waals surface area contributed by atoms with E-state index in [1.807, 2.05) is 6.92 Å². The van der Waals surface area contributed by atoms with Crippen LogP contribution in [0.2, 0.25) is 0 Å². The maximum absolute atomic E-state index is 11.7. The first-order valence-corrected chi connectivity index (χ1v) is 6.27. The third-order valence-electron chi connectivity index (χ3n) is 2.98. The smallest absolute Gasteiger partial charge is 0.260 e. The van der Waals surface area contributed by atoms with Gasteiger partial charge in [0.25, 0.3) is 5.91 Å². The minimum absolute atomic E-state index is 0.0801. The summed E-state index contributed by atoms with van der Waals surface area (Å²) in [6, 6.07) is 5.11. The Bertz CT molecular complexity index is 500. The minimum atomic E-state index is -0.125. The molecule has 0 radical (unpaired) electrons. The molecule has 0 saturated carbocycles. The molecule has 0 aliphatic rings. The summed E-state index contributed by atoms with van der Waals surface area (Å²) in [5.41, 5.74) is 1.01. The van der Waals surface area contributed by atoms with Gasteiger partial charge in [-0.15, -0.1) is 0 Å². The Hall–Kier alpha value is -2.24. The van der Waals surface area contributed by atoms with Crippen molar-refractivity contribution in [3.63, 3.8) is 0 Å². The zero-order valence-electron chi connectivity index (χ0n) is 12.2. The van der Waals surface area contributed by atoms with Crippen LogP contribution in [0.1, 0.15) is 19.4 Å². The fraction of sp³-hybridized carbons (Fsp3) is 0.429. The van der Waals surface area contributed by atoms with Gasteiger partial charge in [-0.2, -0.15) is 0 Å². The molecule has 0 atom stereocenters. The SMILES string of the molecule is CCN(C)C(=O)COc1cc(OC)ccc1/C(C)=N/O. The quantitative estimate of drug-likeness (QED) is 0.489. The highest BCUT2D eigenvalue weighted by Gasteiger charge is 2.13. The summed E-state index contributed by atoms with van der Waals surface area (Å²) in [6.07, 6.45) is 0. The van der Waals surface area contributed by atoms with E-state index in [2.05, 4.69) is 5.16 Å². The third-order valence-corrected chi connectivity index (χ3v) is 2.98. The topological polar surface area (TPSA) is 71.4 Å². The van der Waals surface area contributed by atoms with Gasteiger partial charge >= 0.3 is 0 Å². The van der Waals surface area contributed by atoms with Crippen molar-refractivity contribution in [2.45, 2.75) is 13.8 Å². The third kappa shape index (κ3) is 3.88. The van der Waals surface area contributed by atoms with Gasteiger partial charge in [-0.1, -0.05) is 5.16 Å². The van der Waals surface area contributed by atoms with E-state index in [1.165, 1.54) is 0 Å².